The number of ether oxygens (including phenoxy) is 1. The number of hydrogen-bond donors (Lipinski definition) is 3. The molecule has 0 bridgehead atoms. The number of rotatable bonds is 8. The Balaban J connectivity index is 1.84. The molecule has 0 radical (unpaired) electrons. The van der Waals surface area contributed by atoms with Gasteiger partial charge in [-0.2, -0.15) is 9.97 Å². The maximum absolute atomic E-state index is 12.4. The first kappa shape index (κ1) is 17.7. The summed E-state index contributed by atoms with van der Waals surface area (Å²) in [7, 11) is 1.78. The zero-order valence-corrected chi connectivity index (χ0v) is 15.1. The van der Waals surface area contributed by atoms with Crippen molar-refractivity contribution in [2.75, 3.05) is 32.1 Å². The van der Waals surface area contributed by atoms with E-state index in [-0.39, 0.29) is 5.69 Å². The number of aromatic amines is 1. The van der Waals surface area contributed by atoms with Gasteiger partial charge in [-0.3, -0.25) is 4.57 Å². The highest BCUT2D eigenvalue weighted by atomic mass is 16.5. The topological polar surface area (TPSA) is 96.9 Å². The summed E-state index contributed by atoms with van der Waals surface area (Å²) < 4.78 is 7.37. The average molecular weight is 348 g/mol. The van der Waals surface area contributed by atoms with Crippen LogP contribution in [0, 0.1) is 5.92 Å². The average Bonchev–Trinajstić information content (AvgIpc) is 2.95. The van der Waals surface area contributed by atoms with Crippen molar-refractivity contribution in [3.63, 3.8) is 0 Å². The number of piperidine rings is 1. The summed E-state index contributed by atoms with van der Waals surface area (Å²) >= 11 is 0. The van der Waals surface area contributed by atoms with Crippen molar-refractivity contribution in [2.45, 2.75) is 45.6 Å². The second kappa shape index (κ2) is 8.33. The van der Waals surface area contributed by atoms with Crippen molar-refractivity contribution in [3.05, 3.63) is 10.5 Å². The fourth-order valence-electron chi connectivity index (χ4n) is 3.25. The van der Waals surface area contributed by atoms with Gasteiger partial charge in [0.25, 0.3) is 0 Å². The van der Waals surface area contributed by atoms with E-state index in [9.17, 15) is 4.79 Å². The van der Waals surface area contributed by atoms with Gasteiger partial charge in [0, 0.05) is 13.6 Å². The number of unbranched alkanes of at least 4 members (excludes halogenated alkanes) is 1. The third-order valence-corrected chi connectivity index (χ3v) is 4.79. The molecule has 1 aliphatic rings. The van der Waals surface area contributed by atoms with Crippen LogP contribution < -0.4 is 21.1 Å². The maximum atomic E-state index is 12.4. The molecule has 3 N–H and O–H groups in total. The van der Waals surface area contributed by atoms with Gasteiger partial charge in [0.05, 0.1) is 6.61 Å². The lowest BCUT2D eigenvalue weighted by molar-refractivity contribution is 0.286. The van der Waals surface area contributed by atoms with E-state index in [1.807, 2.05) is 0 Å². The number of nitrogens with zero attached hydrogens (tertiary/aromatic N) is 3. The van der Waals surface area contributed by atoms with E-state index < -0.39 is 0 Å². The molecule has 1 aliphatic heterocycles. The molecule has 0 amide bonds. The van der Waals surface area contributed by atoms with Gasteiger partial charge < -0.3 is 20.4 Å². The largest absolute Gasteiger partial charge is 0.463 e. The predicted molar refractivity (Wildman–Crippen MR) is 98.3 cm³/mol. The highest BCUT2D eigenvalue weighted by molar-refractivity contribution is 5.83. The van der Waals surface area contributed by atoms with Crippen molar-refractivity contribution in [1.82, 2.24) is 24.8 Å². The molecule has 8 heteroatoms. The normalized spacial score (nSPS) is 15.6. The van der Waals surface area contributed by atoms with Crippen LogP contribution in [0.4, 0.5) is 5.82 Å². The lowest BCUT2D eigenvalue weighted by Gasteiger charge is -2.22. The summed E-state index contributed by atoms with van der Waals surface area (Å²) in [5.41, 5.74) is 1.12. The number of imidazole rings is 1. The van der Waals surface area contributed by atoms with Crippen LogP contribution in [0.3, 0.4) is 0 Å². The number of hydrogen-bond acceptors (Lipinski definition) is 6. The summed E-state index contributed by atoms with van der Waals surface area (Å²) in [6, 6.07) is 0.319. The van der Waals surface area contributed by atoms with Crippen molar-refractivity contribution in [2.24, 2.45) is 5.92 Å². The first-order valence-corrected chi connectivity index (χ1v) is 9.24. The maximum Gasteiger partial charge on any atom is 0.327 e. The third kappa shape index (κ3) is 4.12. The Kier molecular flexibility index (Phi) is 5.91. The minimum Gasteiger partial charge on any atom is -0.463 e. The lowest BCUT2D eigenvalue weighted by Crippen LogP contribution is -2.29. The Morgan fingerprint density at radius 1 is 1.32 bits per heavy atom. The molecule has 0 saturated carbocycles. The first-order valence-electron chi connectivity index (χ1n) is 9.24. The van der Waals surface area contributed by atoms with Crippen LogP contribution in [0.15, 0.2) is 4.79 Å². The van der Waals surface area contributed by atoms with Gasteiger partial charge in [-0.15, -0.1) is 0 Å². The predicted octanol–water partition coefficient (Wildman–Crippen LogP) is 1.73. The summed E-state index contributed by atoms with van der Waals surface area (Å²) in [6.45, 7) is 5.48. The van der Waals surface area contributed by atoms with Gasteiger partial charge in [0.15, 0.2) is 11.5 Å². The van der Waals surface area contributed by atoms with Gasteiger partial charge in [-0.05, 0) is 44.7 Å². The molecule has 3 heterocycles. The number of anilines is 1. The molecule has 3 rings (SSSR count). The van der Waals surface area contributed by atoms with E-state index >= 15 is 0 Å². The number of aryl methyl sites for hydroxylation is 1. The van der Waals surface area contributed by atoms with Crippen molar-refractivity contribution in [3.8, 4) is 6.01 Å². The van der Waals surface area contributed by atoms with Crippen molar-refractivity contribution >= 4 is 17.0 Å². The summed E-state index contributed by atoms with van der Waals surface area (Å²) in [5, 5.41) is 6.40. The van der Waals surface area contributed by atoms with Gasteiger partial charge in [0.2, 0.25) is 0 Å². The molecule has 25 heavy (non-hydrogen) atoms. The molecule has 138 valence electrons. The molecule has 2 aromatic heterocycles. The number of fused-ring (bicyclic) bond motifs is 1. The molecule has 1 fully saturated rings. The minimum atomic E-state index is -0.138. The van der Waals surface area contributed by atoms with E-state index in [4.69, 9.17) is 4.74 Å². The number of aromatic nitrogens is 4. The second-order valence-electron chi connectivity index (χ2n) is 6.57. The van der Waals surface area contributed by atoms with E-state index in [0.717, 1.165) is 32.4 Å². The molecular formula is C17H28N6O2. The fraction of sp³-hybridized carbons (Fsp3) is 0.706. The Labute approximate surface area is 147 Å². The SMILES string of the molecule is CCCCOc1nc(NC)c2[nH]c(=O)n(CCC3CCNCC3)c2n1. The van der Waals surface area contributed by atoms with Crippen molar-refractivity contribution in [1.29, 1.82) is 0 Å². The van der Waals surface area contributed by atoms with Crippen LogP contribution >= 0.6 is 0 Å². The Morgan fingerprint density at radius 3 is 2.84 bits per heavy atom. The van der Waals surface area contributed by atoms with Crippen molar-refractivity contribution < 1.29 is 4.74 Å². The van der Waals surface area contributed by atoms with Crippen LogP contribution in [0.5, 0.6) is 6.01 Å². The summed E-state index contributed by atoms with van der Waals surface area (Å²) in [5.74, 6) is 1.25. The Hall–Kier alpha value is -2.09. The molecule has 0 aliphatic carbocycles. The quantitative estimate of drug-likeness (QED) is 0.629. The molecule has 0 aromatic carbocycles. The van der Waals surface area contributed by atoms with Crippen LogP contribution in [0.25, 0.3) is 11.2 Å². The molecular weight excluding hydrogens is 320 g/mol. The van der Waals surface area contributed by atoms with Crippen LogP contribution in [-0.4, -0.2) is 46.3 Å². The van der Waals surface area contributed by atoms with Crippen LogP contribution in [0.1, 0.15) is 39.0 Å². The molecule has 0 atom stereocenters. The van der Waals surface area contributed by atoms with Gasteiger partial charge in [-0.1, -0.05) is 13.3 Å². The monoisotopic (exact) mass is 348 g/mol. The van der Waals surface area contributed by atoms with Crippen LogP contribution in [-0.2, 0) is 6.54 Å². The first-order chi connectivity index (χ1) is 12.2. The zero-order chi connectivity index (χ0) is 17.6. The summed E-state index contributed by atoms with van der Waals surface area (Å²) in [6.07, 6.45) is 5.32. The lowest BCUT2D eigenvalue weighted by atomic mass is 9.95. The van der Waals surface area contributed by atoms with E-state index in [1.165, 1.54) is 12.8 Å². The van der Waals surface area contributed by atoms with Gasteiger partial charge >= 0.3 is 11.7 Å². The third-order valence-electron chi connectivity index (χ3n) is 4.79. The second-order valence-corrected chi connectivity index (χ2v) is 6.57. The molecule has 0 unspecified atom stereocenters. The Morgan fingerprint density at radius 2 is 2.12 bits per heavy atom. The van der Waals surface area contributed by atoms with Crippen LogP contribution in [0.2, 0.25) is 0 Å². The molecule has 0 spiro atoms. The zero-order valence-electron chi connectivity index (χ0n) is 15.1. The number of H-pyrrole nitrogens is 1. The smallest absolute Gasteiger partial charge is 0.327 e. The summed E-state index contributed by atoms with van der Waals surface area (Å²) in [4.78, 5) is 24.1. The van der Waals surface area contributed by atoms with E-state index in [2.05, 4.69) is 32.5 Å². The fourth-order valence-corrected chi connectivity index (χ4v) is 3.25. The van der Waals surface area contributed by atoms with Gasteiger partial charge in [-0.25, -0.2) is 4.79 Å². The molecule has 8 nitrogen and oxygen atoms in total. The molecule has 2 aromatic rings. The van der Waals surface area contributed by atoms with E-state index in [1.54, 1.807) is 11.6 Å². The van der Waals surface area contributed by atoms with E-state index in [0.29, 0.717) is 42.1 Å². The highest BCUT2D eigenvalue weighted by Gasteiger charge is 2.18. The Bertz CT molecular complexity index is 747. The van der Waals surface area contributed by atoms with Gasteiger partial charge in [0.1, 0.15) is 5.52 Å². The number of nitrogens with one attached hydrogen (secondary N) is 3. The standard InChI is InChI=1S/C17H28N6O2/c1-3-4-11-25-16-21-14(18-2)13-15(22-16)23(17(24)20-13)10-7-12-5-8-19-9-6-12/h12,19H,3-11H2,1-2H3,(H,20,24)(H,18,21,22). The minimum absolute atomic E-state index is 0.138. The highest BCUT2D eigenvalue weighted by Crippen LogP contribution is 2.22. The molecule has 1 saturated heterocycles.